The number of aromatic nitrogens is 1. The molecule has 0 saturated carbocycles. The van der Waals surface area contributed by atoms with E-state index in [4.69, 9.17) is 5.73 Å². The van der Waals surface area contributed by atoms with E-state index in [1.165, 1.54) is 18.5 Å². The van der Waals surface area contributed by atoms with Crippen molar-refractivity contribution in [3.8, 4) is 17.6 Å². The van der Waals surface area contributed by atoms with Crippen LogP contribution in [0.2, 0.25) is 0 Å². The third kappa shape index (κ3) is 3.81. The highest BCUT2D eigenvalue weighted by Crippen LogP contribution is 2.18. The van der Waals surface area contributed by atoms with Crippen LogP contribution >= 0.6 is 0 Å². The minimum atomic E-state index is -0.342. The zero-order valence-electron chi connectivity index (χ0n) is 11.6. The first-order valence-electron chi connectivity index (χ1n) is 6.35. The van der Waals surface area contributed by atoms with Crippen molar-refractivity contribution in [3.63, 3.8) is 0 Å². The highest BCUT2D eigenvalue weighted by Gasteiger charge is 2.09. The lowest BCUT2D eigenvalue weighted by Crippen LogP contribution is -2.13. The number of carbonyl (C=O) groups is 1. The number of aryl methyl sites for hydroxylation is 1. The molecule has 0 atom stereocenters. The standard InChI is InChI=1S/C16H15N3O2/c1-11-4-5-12(3-2-6-17)7-15(11)19-16(21)13-8-14(20)10-18-9-13/h4-5,7-10,20H,6,17H2,1H3,(H,19,21). The van der Waals surface area contributed by atoms with Gasteiger partial charge in [0.05, 0.1) is 18.3 Å². The van der Waals surface area contributed by atoms with Crippen molar-refractivity contribution >= 4 is 11.6 Å². The zero-order chi connectivity index (χ0) is 15.2. The molecule has 106 valence electrons. The summed E-state index contributed by atoms with van der Waals surface area (Å²) in [4.78, 5) is 15.9. The number of hydrogen-bond donors (Lipinski definition) is 3. The van der Waals surface area contributed by atoms with Crippen molar-refractivity contribution in [1.29, 1.82) is 0 Å². The van der Waals surface area contributed by atoms with Crippen molar-refractivity contribution < 1.29 is 9.90 Å². The van der Waals surface area contributed by atoms with Crippen molar-refractivity contribution in [3.05, 3.63) is 53.3 Å². The summed E-state index contributed by atoms with van der Waals surface area (Å²) in [5.41, 5.74) is 7.97. The monoisotopic (exact) mass is 281 g/mol. The van der Waals surface area contributed by atoms with E-state index in [2.05, 4.69) is 22.1 Å². The normalized spacial score (nSPS) is 9.62. The molecule has 0 unspecified atom stereocenters. The summed E-state index contributed by atoms with van der Waals surface area (Å²) in [6, 6.07) is 6.88. The van der Waals surface area contributed by atoms with Crippen LogP contribution in [0.4, 0.5) is 5.69 Å². The van der Waals surface area contributed by atoms with E-state index in [0.717, 1.165) is 11.1 Å². The minimum Gasteiger partial charge on any atom is -0.506 e. The largest absolute Gasteiger partial charge is 0.506 e. The molecule has 0 saturated heterocycles. The van der Waals surface area contributed by atoms with Gasteiger partial charge >= 0.3 is 0 Å². The molecule has 0 spiro atoms. The molecular formula is C16H15N3O2. The van der Waals surface area contributed by atoms with Gasteiger partial charge in [-0.3, -0.25) is 9.78 Å². The number of rotatable bonds is 2. The molecule has 2 rings (SSSR count). The molecule has 2 aromatic rings. The van der Waals surface area contributed by atoms with Crippen LogP contribution in [-0.2, 0) is 0 Å². The number of anilines is 1. The summed E-state index contributed by atoms with van der Waals surface area (Å²) >= 11 is 0. The lowest BCUT2D eigenvalue weighted by molar-refractivity contribution is 0.102. The second kappa shape index (κ2) is 6.55. The molecule has 1 heterocycles. The molecule has 0 radical (unpaired) electrons. The molecular weight excluding hydrogens is 266 g/mol. The molecule has 1 aromatic carbocycles. The average Bonchev–Trinajstić information content (AvgIpc) is 2.48. The number of nitrogens with two attached hydrogens (primary N) is 1. The highest BCUT2D eigenvalue weighted by molar-refractivity contribution is 6.04. The fraction of sp³-hybridized carbons (Fsp3) is 0.125. The van der Waals surface area contributed by atoms with E-state index < -0.39 is 0 Å². The van der Waals surface area contributed by atoms with Crippen molar-refractivity contribution in [1.82, 2.24) is 4.98 Å². The van der Waals surface area contributed by atoms with Crippen LogP contribution in [0.3, 0.4) is 0 Å². The van der Waals surface area contributed by atoms with E-state index in [1.807, 2.05) is 19.1 Å². The molecule has 5 heteroatoms. The van der Waals surface area contributed by atoms with Gasteiger partial charge in [0.1, 0.15) is 5.75 Å². The molecule has 5 nitrogen and oxygen atoms in total. The molecule has 0 aliphatic rings. The Bertz CT molecular complexity index is 730. The third-order valence-corrected chi connectivity index (χ3v) is 2.81. The van der Waals surface area contributed by atoms with Crippen molar-refractivity contribution in [2.75, 3.05) is 11.9 Å². The first kappa shape index (κ1) is 14.6. The Morgan fingerprint density at radius 3 is 2.90 bits per heavy atom. The molecule has 1 amide bonds. The van der Waals surface area contributed by atoms with Crippen LogP contribution in [-0.4, -0.2) is 22.5 Å². The summed E-state index contributed by atoms with van der Waals surface area (Å²) in [5.74, 6) is 5.29. The van der Waals surface area contributed by atoms with Gasteiger partial charge in [-0.25, -0.2) is 0 Å². The minimum absolute atomic E-state index is 0.0538. The van der Waals surface area contributed by atoms with Crippen molar-refractivity contribution in [2.24, 2.45) is 5.73 Å². The van der Waals surface area contributed by atoms with E-state index >= 15 is 0 Å². The Labute approximate surface area is 122 Å². The Balaban J connectivity index is 2.24. The van der Waals surface area contributed by atoms with Gasteiger partial charge in [0, 0.05) is 17.4 Å². The number of nitrogens with zero attached hydrogens (tertiary/aromatic N) is 1. The van der Waals surface area contributed by atoms with Gasteiger partial charge in [0.25, 0.3) is 5.91 Å². The van der Waals surface area contributed by atoms with Crippen LogP contribution in [0.5, 0.6) is 5.75 Å². The quantitative estimate of drug-likeness (QED) is 0.730. The Morgan fingerprint density at radius 1 is 1.38 bits per heavy atom. The van der Waals surface area contributed by atoms with Crippen molar-refractivity contribution in [2.45, 2.75) is 6.92 Å². The van der Waals surface area contributed by atoms with Crippen LogP contribution in [0.25, 0.3) is 0 Å². The maximum Gasteiger partial charge on any atom is 0.257 e. The predicted molar refractivity (Wildman–Crippen MR) is 81.0 cm³/mol. The van der Waals surface area contributed by atoms with E-state index in [9.17, 15) is 9.90 Å². The van der Waals surface area contributed by atoms with Crippen LogP contribution in [0, 0.1) is 18.8 Å². The smallest absolute Gasteiger partial charge is 0.257 e. The van der Waals surface area contributed by atoms with Gasteiger partial charge in [-0.05, 0) is 30.7 Å². The SMILES string of the molecule is Cc1ccc(C#CCN)cc1NC(=O)c1cncc(O)c1. The molecule has 0 aliphatic carbocycles. The van der Waals surface area contributed by atoms with Gasteiger partial charge in [-0.15, -0.1) is 0 Å². The fourth-order valence-electron chi connectivity index (χ4n) is 1.73. The number of pyridine rings is 1. The maximum atomic E-state index is 12.1. The van der Waals surface area contributed by atoms with Gasteiger partial charge in [-0.1, -0.05) is 17.9 Å². The van der Waals surface area contributed by atoms with Gasteiger partial charge < -0.3 is 16.2 Å². The second-order valence-corrected chi connectivity index (χ2v) is 4.42. The Kier molecular flexibility index (Phi) is 4.54. The van der Waals surface area contributed by atoms with Gasteiger partial charge in [-0.2, -0.15) is 0 Å². The van der Waals surface area contributed by atoms with E-state index in [0.29, 0.717) is 5.69 Å². The summed E-state index contributed by atoms with van der Waals surface area (Å²) < 4.78 is 0. The second-order valence-electron chi connectivity index (χ2n) is 4.42. The zero-order valence-corrected chi connectivity index (χ0v) is 11.6. The Hall–Kier alpha value is -2.84. The average molecular weight is 281 g/mol. The summed E-state index contributed by atoms with van der Waals surface area (Å²) in [7, 11) is 0. The van der Waals surface area contributed by atoms with Gasteiger partial charge in [0.15, 0.2) is 0 Å². The third-order valence-electron chi connectivity index (χ3n) is 2.81. The maximum absolute atomic E-state index is 12.1. The molecule has 4 N–H and O–H groups in total. The lowest BCUT2D eigenvalue weighted by atomic mass is 10.1. The van der Waals surface area contributed by atoms with Crippen LogP contribution < -0.4 is 11.1 Å². The van der Waals surface area contributed by atoms with Crippen LogP contribution in [0.1, 0.15) is 21.5 Å². The molecule has 0 bridgehead atoms. The molecule has 0 fully saturated rings. The topological polar surface area (TPSA) is 88.2 Å². The number of aromatic hydroxyl groups is 1. The van der Waals surface area contributed by atoms with E-state index in [-0.39, 0.29) is 23.8 Å². The lowest BCUT2D eigenvalue weighted by Gasteiger charge is -2.09. The number of hydrogen-bond acceptors (Lipinski definition) is 4. The molecule has 21 heavy (non-hydrogen) atoms. The number of benzene rings is 1. The number of carbonyl (C=O) groups excluding carboxylic acids is 1. The van der Waals surface area contributed by atoms with E-state index in [1.54, 1.807) is 6.07 Å². The molecule has 1 aromatic heterocycles. The van der Waals surface area contributed by atoms with Gasteiger partial charge in [0.2, 0.25) is 0 Å². The predicted octanol–water partition coefficient (Wildman–Crippen LogP) is 1.66. The number of nitrogens with one attached hydrogen (secondary N) is 1. The fourth-order valence-corrected chi connectivity index (χ4v) is 1.73. The highest BCUT2D eigenvalue weighted by atomic mass is 16.3. The van der Waals surface area contributed by atoms with Crippen LogP contribution in [0.15, 0.2) is 36.7 Å². The summed E-state index contributed by atoms with van der Waals surface area (Å²) in [5, 5.41) is 12.1. The summed E-state index contributed by atoms with van der Waals surface area (Å²) in [6.07, 6.45) is 2.66. The molecule has 0 aliphatic heterocycles. The number of amides is 1. The first-order valence-corrected chi connectivity index (χ1v) is 6.35. The summed E-state index contributed by atoms with van der Waals surface area (Å²) in [6.45, 7) is 2.17. The Morgan fingerprint density at radius 2 is 2.19 bits per heavy atom. The first-order chi connectivity index (χ1) is 10.1.